The van der Waals surface area contributed by atoms with E-state index in [4.69, 9.17) is 0 Å². The van der Waals surface area contributed by atoms with E-state index in [9.17, 15) is 0 Å². The summed E-state index contributed by atoms with van der Waals surface area (Å²) < 4.78 is 0. The molecule has 0 nitrogen and oxygen atoms in total. The van der Waals surface area contributed by atoms with Crippen LogP contribution in [0.1, 0.15) is 0 Å². The Hall–Kier alpha value is -7.06. The van der Waals surface area contributed by atoms with Crippen LogP contribution in [-0.4, -0.2) is 8.07 Å². The third-order valence-corrected chi connectivity index (χ3v) is 17.3. The van der Waals surface area contributed by atoms with E-state index >= 15 is 0 Å². The minimum atomic E-state index is -1.99. The monoisotopic (exact) mass is 762 g/mol. The van der Waals surface area contributed by atoms with Gasteiger partial charge in [0.05, 0.1) is 0 Å². The molecule has 1 aliphatic carbocycles. The lowest BCUT2D eigenvalue weighted by molar-refractivity contribution is 1.66. The molecule has 2 aliphatic rings. The van der Waals surface area contributed by atoms with E-state index in [1.165, 1.54) is 131 Å². The molecule has 0 fully saturated rings. The second-order valence-electron chi connectivity index (χ2n) is 17.2. The molecule has 1 aliphatic heterocycles. The van der Waals surface area contributed by atoms with Crippen molar-refractivity contribution in [1.29, 1.82) is 0 Å². The van der Waals surface area contributed by atoms with Crippen molar-refractivity contribution in [3.8, 4) is 66.8 Å². The van der Waals surface area contributed by atoms with E-state index < -0.39 is 8.07 Å². The fourth-order valence-electron chi connectivity index (χ4n) is 11.0. The Labute approximate surface area is 344 Å². The topological polar surface area (TPSA) is 0 Å². The van der Waals surface area contributed by atoms with Crippen LogP contribution >= 0.6 is 0 Å². The Balaban J connectivity index is 1.18. The highest BCUT2D eigenvalue weighted by Gasteiger charge is 2.38. The number of benzene rings is 11. The highest BCUT2D eigenvalue weighted by molar-refractivity contribution is 7.04. The van der Waals surface area contributed by atoms with Crippen molar-refractivity contribution < 1.29 is 0 Å². The summed E-state index contributed by atoms with van der Waals surface area (Å²) in [5.74, 6) is 0. The van der Waals surface area contributed by atoms with Crippen molar-refractivity contribution >= 4 is 72.3 Å². The lowest BCUT2D eigenvalue weighted by Crippen LogP contribution is -2.49. The molecule has 0 amide bonds. The summed E-state index contributed by atoms with van der Waals surface area (Å²) in [7, 11) is -1.99. The highest BCUT2D eigenvalue weighted by atomic mass is 28.3. The molecule has 1 heterocycles. The molecule has 13 rings (SSSR count). The molecule has 0 atom stereocenters. The van der Waals surface area contributed by atoms with Crippen LogP contribution in [0.15, 0.2) is 194 Å². The molecule has 1 heteroatoms. The number of hydrogen-bond donors (Lipinski definition) is 0. The first-order valence-electron chi connectivity index (χ1n) is 20.8. The standard InChI is InChI=1S/C58H38Si/c1-59(2)54-21-10-9-18-45(54)50-33-52-53(34-55(50)59)57(41-25-23-36-13-4-6-15-38(36)31-41)51-32-39(26-27-49(51)56(52)40-24-22-35-12-3-5-14-37(35)30-40)42-28-29-48-44-17-8-7-16-43(44)47-20-11-19-46(42)58(47)48/h3-34H,1-2H3. The van der Waals surface area contributed by atoms with Gasteiger partial charge in [0.15, 0.2) is 0 Å². The lowest BCUT2D eigenvalue weighted by Gasteiger charge is -2.23. The summed E-state index contributed by atoms with van der Waals surface area (Å²) in [6, 6.07) is 73.9. The fourth-order valence-corrected chi connectivity index (χ4v) is 14.0. The summed E-state index contributed by atoms with van der Waals surface area (Å²) in [5.41, 5.74) is 15.8. The third-order valence-electron chi connectivity index (χ3n) is 13.8. The molecule has 0 spiro atoms. The summed E-state index contributed by atoms with van der Waals surface area (Å²) >= 11 is 0. The van der Waals surface area contributed by atoms with Crippen molar-refractivity contribution in [2.24, 2.45) is 0 Å². The Morgan fingerprint density at radius 3 is 1.51 bits per heavy atom. The Kier molecular flexibility index (Phi) is 6.70. The summed E-state index contributed by atoms with van der Waals surface area (Å²) in [5, 5.41) is 16.0. The quantitative estimate of drug-likeness (QED) is 0.124. The van der Waals surface area contributed by atoms with Crippen molar-refractivity contribution in [2.75, 3.05) is 0 Å². The third kappa shape index (κ3) is 4.59. The van der Waals surface area contributed by atoms with Crippen LogP contribution < -0.4 is 10.4 Å². The normalized spacial score (nSPS) is 13.4. The van der Waals surface area contributed by atoms with Crippen LogP contribution in [0.4, 0.5) is 0 Å². The van der Waals surface area contributed by atoms with Gasteiger partial charge in [-0.3, -0.25) is 0 Å². The van der Waals surface area contributed by atoms with Crippen molar-refractivity contribution in [1.82, 2.24) is 0 Å². The lowest BCUT2D eigenvalue weighted by atomic mass is 9.83. The van der Waals surface area contributed by atoms with E-state index in [-0.39, 0.29) is 0 Å². The molecular formula is C58H38Si. The first-order chi connectivity index (χ1) is 29.0. The average Bonchev–Trinajstić information content (AvgIpc) is 3.73. The maximum Gasteiger partial charge on any atom is 0.113 e. The van der Waals surface area contributed by atoms with Gasteiger partial charge in [0.2, 0.25) is 0 Å². The van der Waals surface area contributed by atoms with Gasteiger partial charge in [0.1, 0.15) is 8.07 Å². The van der Waals surface area contributed by atoms with E-state index in [0.717, 1.165) is 0 Å². The molecule has 0 saturated heterocycles. The van der Waals surface area contributed by atoms with E-state index in [0.29, 0.717) is 0 Å². The average molecular weight is 763 g/mol. The molecule has 0 radical (unpaired) electrons. The van der Waals surface area contributed by atoms with Gasteiger partial charge in [-0.1, -0.05) is 183 Å². The maximum atomic E-state index is 2.62. The molecule has 0 bridgehead atoms. The molecule has 0 saturated carbocycles. The van der Waals surface area contributed by atoms with Crippen molar-refractivity contribution in [2.45, 2.75) is 13.1 Å². The zero-order valence-corrected chi connectivity index (χ0v) is 34.0. The molecule has 0 N–H and O–H groups in total. The van der Waals surface area contributed by atoms with Crippen LogP contribution in [0, 0.1) is 0 Å². The minimum absolute atomic E-state index is 1.24. The minimum Gasteiger partial charge on any atom is -0.0623 e. The van der Waals surface area contributed by atoms with Crippen LogP contribution in [0.5, 0.6) is 0 Å². The molecular weight excluding hydrogens is 725 g/mol. The Morgan fingerprint density at radius 1 is 0.271 bits per heavy atom. The summed E-state index contributed by atoms with van der Waals surface area (Å²) in [4.78, 5) is 0. The molecule has 11 aromatic carbocycles. The van der Waals surface area contributed by atoms with Crippen LogP contribution in [0.3, 0.4) is 0 Å². The van der Waals surface area contributed by atoms with E-state index in [1.54, 1.807) is 0 Å². The molecule has 11 aromatic rings. The van der Waals surface area contributed by atoms with Gasteiger partial charge in [0.25, 0.3) is 0 Å². The zero-order valence-electron chi connectivity index (χ0n) is 33.0. The molecule has 0 unspecified atom stereocenters. The maximum absolute atomic E-state index is 2.62. The second kappa shape index (κ2) is 12.0. The Morgan fingerprint density at radius 2 is 0.797 bits per heavy atom. The Bertz CT molecular complexity index is 3610. The van der Waals surface area contributed by atoms with Gasteiger partial charge in [0, 0.05) is 0 Å². The number of rotatable bonds is 3. The molecule has 0 aromatic heterocycles. The fraction of sp³-hybridized carbons (Fsp3) is 0.0345. The SMILES string of the molecule is C[Si]1(C)c2ccccc2-c2cc3c(-c4ccc5ccccc5c4)c4ccc(-c5ccc6c7c(cccc57)-c5ccccc5-6)cc4c(-c4ccc5ccccc5c4)c3cc21. The highest BCUT2D eigenvalue weighted by Crippen LogP contribution is 2.51. The first-order valence-corrected chi connectivity index (χ1v) is 23.8. The van der Waals surface area contributed by atoms with Gasteiger partial charge < -0.3 is 0 Å². The summed E-state index contributed by atoms with van der Waals surface area (Å²) in [6.07, 6.45) is 0. The predicted molar refractivity (Wildman–Crippen MR) is 257 cm³/mol. The van der Waals surface area contributed by atoms with Crippen molar-refractivity contribution in [3.05, 3.63) is 194 Å². The number of fused-ring (bicyclic) bond motifs is 10. The predicted octanol–water partition coefficient (Wildman–Crippen LogP) is 14.9. The van der Waals surface area contributed by atoms with Crippen LogP contribution in [-0.2, 0) is 0 Å². The molecule has 59 heavy (non-hydrogen) atoms. The van der Waals surface area contributed by atoms with Crippen LogP contribution in [0.25, 0.3) is 121 Å². The second-order valence-corrected chi connectivity index (χ2v) is 21.5. The van der Waals surface area contributed by atoms with Crippen LogP contribution in [0.2, 0.25) is 13.1 Å². The summed E-state index contributed by atoms with van der Waals surface area (Å²) in [6.45, 7) is 5.08. The van der Waals surface area contributed by atoms with Crippen molar-refractivity contribution in [3.63, 3.8) is 0 Å². The smallest absolute Gasteiger partial charge is 0.0623 e. The van der Waals surface area contributed by atoms with Gasteiger partial charge in [-0.05, 0) is 155 Å². The van der Waals surface area contributed by atoms with Gasteiger partial charge in [-0.15, -0.1) is 0 Å². The zero-order chi connectivity index (χ0) is 39.0. The largest absolute Gasteiger partial charge is 0.113 e. The molecule has 274 valence electrons. The number of hydrogen-bond acceptors (Lipinski definition) is 0. The van der Waals surface area contributed by atoms with Gasteiger partial charge in [-0.2, -0.15) is 0 Å². The van der Waals surface area contributed by atoms with Gasteiger partial charge >= 0.3 is 0 Å². The van der Waals surface area contributed by atoms with E-state index in [1.807, 2.05) is 0 Å². The van der Waals surface area contributed by atoms with Gasteiger partial charge in [-0.25, -0.2) is 0 Å². The first kappa shape index (κ1) is 33.0. The van der Waals surface area contributed by atoms with E-state index in [2.05, 4.69) is 207 Å².